The summed E-state index contributed by atoms with van der Waals surface area (Å²) >= 11 is 0. The summed E-state index contributed by atoms with van der Waals surface area (Å²) in [4.78, 5) is 0. The van der Waals surface area contributed by atoms with Crippen LogP contribution in [0.15, 0.2) is 231 Å². The van der Waals surface area contributed by atoms with Crippen molar-refractivity contribution >= 4 is 63.6 Å². The van der Waals surface area contributed by atoms with Crippen molar-refractivity contribution in [3.05, 3.63) is 242 Å². The predicted molar refractivity (Wildman–Crippen MR) is 230 cm³/mol. The molecule has 6 heteroatoms. The van der Waals surface area contributed by atoms with E-state index in [1.54, 1.807) is 0 Å². The molecule has 278 valence electrons. The number of halogens is 2. The minimum absolute atomic E-state index is 0. The number of hydrogen-bond donors (Lipinski definition) is 0. The Morgan fingerprint density at radius 1 is 0.286 bits per heavy atom. The monoisotopic (exact) mass is 1130 g/mol. The number of rotatable bonds is 2. The molecule has 0 aromatic heterocycles. The fraction of sp³-hybridized carbons (Fsp3) is 0.0400. The van der Waals surface area contributed by atoms with Gasteiger partial charge in [0.15, 0.2) is 0 Å². The van der Waals surface area contributed by atoms with Crippen LogP contribution in [0.1, 0.15) is 11.1 Å². The Morgan fingerprint density at radius 3 is 0.696 bits per heavy atom. The summed E-state index contributed by atoms with van der Waals surface area (Å²) < 4.78 is 0. The summed E-state index contributed by atoms with van der Waals surface area (Å²) in [5.41, 5.74) is 2.65. The van der Waals surface area contributed by atoms with E-state index in [-0.39, 0.29) is 76.5 Å². The molecule has 10 rings (SSSR count). The van der Waals surface area contributed by atoms with Crippen LogP contribution < -0.4 is 24.8 Å². The first kappa shape index (κ1) is 50.5. The largest absolute Gasteiger partial charge is 1.00 e. The molecule has 0 atom stereocenters. The summed E-state index contributed by atoms with van der Waals surface area (Å²) in [6.45, 7) is 0. The maximum atomic E-state index is 3.40. The standard InChI is InChI=1S/4C9H7.2C7H7Si.2ClH.2Hf/c4*1-2-5-9-7-3-6-8(9)4-1;2*8-6-7-4-2-1-3-5-7;;;;/h4*1-7H;2*1-5H,6H2;2*1H;;/q4*-1;;;;;;/p-2. The van der Waals surface area contributed by atoms with E-state index in [1.165, 1.54) is 54.2 Å². The first-order valence-corrected chi connectivity index (χ1v) is 18.9. The smallest absolute Gasteiger partial charge is 0.0283 e. The summed E-state index contributed by atoms with van der Waals surface area (Å²) in [6, 6.07) is 81.1. The van der Waals surface area contributed by atoms with Crippen molar-refractivity contribution in [2.24, 2.45) is 0 Å². The first-order chi connectivity index (χ1) is 25.7. The summed E-state index contributed by atoms with van der Waals surface area (Å²) in [5.74, 6) is 0. The molecule has 6 radical (unpaired) electrons. The number of benzene rings is 6. The predicted octanol–water partition coefficient (Wildman–Crippen LogP) is 6.95. The topological polar surface area (TPSA) is 0 Å². The van der Waals surface area contributed by atoms with Gasteiger partial charge in [-0.1, -0.05) is 96.1 Å². The second-order valence-corrected chi connectivity index (χ2v) is 12.7. The van der Waals surface area contributed by atoms with Crippen molar-refractivity contribution in [3.63, 3.8) is 0 Å². The van der Waals surface area contributed by atoms with E-state index in [1.807, 2.05) is 36.4 Å². The normalized spacial score (nSPS) is 9.18. The maximum Gasteiger partial charge on any atom is 0.0283 e. The van der Waals surface area contributed by atoms with E-state index < -0.39 is 0 Å². The molecule has 0 aliphatic carbocycles. The van der Waals surface area contributed by atoms with Gasteiger partial charge in [-0.3, -0.25) is 0 Å². The Balaban J connectivity index is 0.000000332. The van der Waals surface area contributed by atoms with Gasteiger partial charge in [0.25, 0.3) is 0 Å². The van der Waals surface area contributed by atoms with Crippen molar-refractivity contribution in [2.75, 3.05) is 0 Å². The van der Waals surface area contributed by atoms with Gasteiger partial charge in [0.2, 0.25) is 0 Å². The Hall–Kier alpha value is -3.49. The molecule has 56 heavy (non-hydrogen) atoms. The SMILES string of the molecule is [Cl-].[Cl-].[Hf].[Hf].[Si]Cc1ccccc1.[Si]Cc1ccccc1.c1ccc2[cH-]ccc2c1.c1ccc2[cH-]ccc2c1.c1ccc2[cH-]ccc2c1.c1ccc2[cH-]ccc2c1. The zero-order valence-electron chi connectivity index (χ0n) is 31.1. The van der Waals surface area contributed by atoms with Crippen LogP contribution in [0, 0.1) is 0 Å². The first-order valence-electron chi connectivity index (χ1n) is 17.5. The second kappa shape index (κ2) is 29.7. The van der Waals surface area contributed by atoms with Crippen molar-refractivity contribution in [2.45, 2.75) is 12.1 Å². The summed E-state index contributed by atoms with van der Waals surface area (Å²) in [5, 5.41) is 10.6. The van der Waals surface area contributed by atoms with Crippen LogP contribution in [0.5, 0.6) is 0 Å². The Labute approximate surface area is 390 Å². The van der Waals surface area contributed by atoms with Gasteiger partial charge in [-0.2, -0.15) is 70.1 Å². The fourth-order valence-corrected chi connectivity index (χ4v) is 5.94. The van der Waals surface area contributed by atoms with Crippen LogP contribution in [-0.2, 0) is 63.8 Å². The minimum Gasteiger partial charge on any atom is -1.00 e. The molecule has 0 fully saturated rings. The molecule has 0 bridgehead atoms. The van der Waals surface area contributed by atoms with Gasteiger partial charge < -0.3 is 24.8 Å². The van der Waals surface area contributed by atoms with Gasteiger partial charge in [0, 0.05) is 72.2 Å². The number of hydrogen-bond acceptors (Lipinski definition) is 0. The Kier molecular flexibility index (Phi) is 26.8. The molecule has 0 unspecified atom stereocenters. The zero-order chi connectivity index (χ0) is 36.1. The van der Waals surface area contributed by atoms with E-state index in [2.05, 4.69) is 215 Å². The van der Waals surface area contributed by atoms with Crippen LogP contribution in [0.3, 0.4) is 0 Å². The van der Waals surface area contributed by atoms with Crippen LogP contribution in [0.4, 0.5) is 0 Å². The molecule has 0 aliphatic heterocycles. The van der Waals surface area contributed by atoms with Crippen molar-refractivity contribution in [3.8, 4) is 0 Å². The van der Waals surface area contributed by atoms with Gasteiger partial charge in [0.1, 0.15) is 0 Å². The van der Waals surface area contributed by atoms with Gasteiger partial charge in [-0.15, -0.1) is 119 Å². The molecule has 0 saturated heterocycles. The van der Waals surface area contributed by atoms with Gasteiger partial charge >= 0.3 is 0 Å². The second-order valence-electron chi connectivity index (χ2n) is 11.9. The Bertz CT molecular complexity index is 1990. The quantitative estimate of drug-likeness (QED) is 0.130. The molecular formula is C50H42Cl2Hf2Si2-6. The average molecular weight is 1130 g/mol. The van der Waals surface area contributed by atoms with Crippen molar-refractivity contribution < 1.29 is 76.5 Å². The molecule has 0 aliphatic rings. The zero-order valence-corrected chi connectivity index (χ0v) is 41.8. The molecule has 0 nitrogen and oxygen atoms in total. The maximum absolute atomic E-state index is 3.40. The van der Waals surface area contributed by atoms with E-state index in [0.29, 0.717) is 0 Å². The van der Waals surface area contributed by atoms with E-state index in [4.69, 9.17) is 0 Å². The van der Waals surface area contributed by atoms with Crippen molar-refractivity contribution in [1.29, 1.82) is 0 Å². The molecule has 10 aromatic carbocycles. The van der Waals surface area contributed by atoms with Gasteiger partial charge in [-0.25, -0.2) is 0 Å². The van der Waals surface area contributed by atoms with E-state index >= 15 is 0 Å². The minimum atomic E-state index is 0. The average Bonchev–Trinajstić information content (AvgIpc) is 4.07. The van der Waals surface area contributed by atoms with Crippen LogP contribution in [-0.4, -0.2) is 20.5 Å². The summed E-state index contributed by atoms with van der Waals surface area (Å²) in [7, 11) is 6.80. The number of fused-ring (bicyclic) bond motifs is 4. The van der Waals surface area contributed by atoms with E-state index in [9.17, 15) is 0 Å². The third-order valence-electron chi connectivity index (χ3n) is 8.28. The molecular weight excluding hydrogens is 1080 g/mol. The molecule has 0 heterocycles. The third kappa shape index (κ3) is 17.3. The van der Waals surface area contributed by atoms with Crippen LogP contribution in [0.25, 0.3) is 43.1 Å². The molecule has 0 N–H and O–H groups in total. The van der Waals surface area contributed by atoms with Crippen molar-refractivity contribution in [1.82, 2.24) is 0 Å². The van der Waals surface area contributed by atoms with Crippen LogP contribution >= 0.6 is 0 Å². The molecule has 0 saturated carbocycles. The van der Waals surface area contributed by atoms with Crippen LogP contribution in [0.2, 0.25) is 0 Å². The fourth-order valence-electron chi connectivity index (χ4n) is 5.47. The Morgan fingerprint density at radius 2 is 0.500 bits per heavy atom. The third-order valence-corrected chi connectivity index (χ3v) is 9.10. The molecule has 0 spiro atoms. The summed E-state index contributed by atoms with van der Waals surface area (Å²) in [6.07, 6.45) is 0. The molecule has 0 amide bonds. The van der Waals surface area contributed by atoms with Gasteiger partial charge in [0.05, 0.1) is 0 Å². The molecule has 10 aromatic rings. The van der Waals surface area contributed by atoms with Gasteiger partial charge in [-0.05, 0) is 12.1 Å². The van der Waals surface area contributed by atoms with E-state index in [0.717, 1.165) is 12.1 Å².